The van der Waals surface area contributed by atoms with Gasteiger partial charge in [-0.3, -0.25) is 0 Å². The molecule has 160 valence electrons. The van der Waals surface area contributed by atoms with Crippen LogP contribution in [0.15, 0.2) is 41.3 Å². The van der Waals surface area contributed by atoms with Gasteiger partial charge in [0.1, 0.15) is 11.6 Å². The number of hydrogen-bond donors (Lipinski definition) is 2. The number of benzene rings is 2. The van der Waals surface area contributed by atoms with Gasteiger partial charge in [0, 0.05) is 18.5 Å². The summed E-state index contributed by atoms with van der Waals surface area (Å²) in [5.74, 6) is 1.51. The quantitative estimate of drug-likeness (QED) is 0.536. The summed E-state index contributed by atoms with van der Waals surface area (Å²) in [7, 11) is -3.83. The predicted octanol–water partition coefficient (Wildman–Crippen LogP) is 3.78. The van der Waals surface area contributed by atoms with Crippen LogP contribution in [-0.4, -0.2) is 29.1 Å². The van der Waals surface area contributed by atoms with E-state index in [4.69, 9.17) is 22.1 Å². The summed E-state index contributed by atoms with van der Waals surface area (Å²) in [5.41, 5.74) is 3.38. The van der Waals surface area contributed by atoms with Crippen LogP contribution in [0.1, 0.15) is 32.2 Å². The van der Waals surface area contributed by atoms with Crippen LogP contribution in [0.3, 0.4) is 0 Å². The van der Waals surface area contributed by atoms with Crippen LogP contribution in [0.25, 0.3) is 11.0 Å². The van der Waals surface area contributed by atoms with E-state index < -0.39 is 10.0 Å². The molecule has 0 fully saturated rings. The van der Waals surface area contributed by atoms with Gasteiger partial charge in [0.15, 0.2) is 0 Å². The van der Waals surface area contributed by atoms with Crippen molar-refractivity contribution < 1.29 is 13.2 Å². The lowest BCUT2D eigenvalue weighted by molar-refractivity contribution is 0.240. The highest BCUT2D eigenvalue weighted by molar-refractivity contribution is 7.89. The third-order valence-corrected chi connectivity index (χ3v) is 5.78. The highest BCUT2D eigenvalue weighted by Gasteiger charge is 2.16. The molecule has 0 unspecified atom stereocenters. The summed E-state index contributed by atoms with van der Waals surface area (Å²) in [6, 6.07) is 10.4. The van der Waals surface area contributed by atoms with Gasteiger partial charge in [-0.15, -0.1) is 0 Å². The molecule has 0 bridgehead atoms. The van der Waals surface area contributed by atoms with E-state index in [0.29, 0.717) is 22.7 Å². The van der Waals surface area contributed by atoms with Crippen molar-refractivity contribution in [2.24, 2.45) is 5.14 Å². The summed E-state index contributed by atoms with van der Waals surface area (Å²) >= 11 is 5.60. The zero-order valence-electron chi connectivity index (χ0n) is 17.5. The molecule has 0 saturated heterocycles. The smallest absolute Gasteiger partial charge is 0.238 e. The summed E-state index contributed by atoms with van der Waals surface area (Å²) in [5, 5.41) is 8.60. The summed E-state index contributed by atoms with van der Waals surface area (Å²) < 4.78 is 31.5. The number of primary sulfonamides is 1. The molecule has 0 spiro atoms. The van der Waals surface area contributed by atoms with Gasteiger partial charge in [0.05, 0.1) is 32.7 Å². The van der Waals surface area contributed by atoms with E-state index in [-0.39, 0.29) is 11.0 Å². The lowest BCUT2D eigenvalue weighted by atomic mass is 10.1. The highest BCUT2D eigenvalue weighted by Crippen LogP contribution is 2.27. The first-order chi connectivity index (χ1) is 14.1. The van der Waals surface area contributed by atoms with Gasteiger partial charge in [0.25, 0.3) is 0 Å². The molecular weight excluding hydrogens is 420 g/mol. The van der Waals surface area contributed by atoms with Gasteiger partial charge in [-0.05, 0) is 58.0 Å². The van der Waals surface area contributed by atoms with Crippen molar-refractivity contribution in [2.75, 3.05) is 5.32 Å². The SMILES string of the molecule is CCn1c(C)nc2cccc(NC(=S)Cc3cc(S(N)(=O)=O)ccc3OC(C)C)c21. The molecule has 0 aliphatic rings. The molecule has 3 aromatic rings. The molecule has 0 aliphatic carbocycles. The third kappa shape index (κ3) is 4.80. The van der Waals surface area contributed by atoms with Crippen LogP contribution >= 0.6 is 12.2 Å². The number of fused-ring (bicyclic) bond motifs is 1. The zero-order valence-corrected chi connectivity index (χ0v) is 19.1. The molecule has 3 rings (SSSR count). The number of nitrogens with zero attached hydrogens (tertiary/aromatic N) is 2. The number of nitrogens with two attached hydrogens (primary N) is 1. The molecule has 3 N–H and O–H groups in total. The first-order valence-electron chi connectivity index (χ1n) is 9.68. The fourth-order valence-corrected chi connectivity index (χ4v) is 4.23. The monoisotopic (exact) mass is 446 g/mol. The average molecular weight is 447 g/mol. The lowest BCUT2D eigenvalue weighted by Gasteiger charge is -2.17. The van der Waals surface area contributed by atoms with Gasteiger partial charge in [-0.1, -0.05) is 18.3 Å². The number of thiocarbonyl (C=S) groups is 1. The van der Waals surface area contributed by atoms with E-state index in [1.165, 1.54) is 12.1 Å². The molecule has 0 saturated carbocycles. The van der Waals surface area contributed by atoms with Crippen molar-refractivity contribution in [3.05, 3.63) is 47.8 Å². The second-order valence-electron chi connectivity index (χ2n) is 7.28. The van der Waals surface area contributed by atoms with Gasteiger partial charge >= 0.3 is 0 Å². The second-order valence-corrected chi connectivity index (χ2v) is 9.34. The van der Waals surface area contributed by atoms with Gasteiger partial charge in [-0.2, -0.15) is 0 Å². The number of para-hydroxylation sites is 1. The minimum absolute atomic E-state index is 0.0261. The lowest BCUT2D eigenvalue weighted by Crippen LogP contribution is -2.17. The number of imidazole rings is 1. The zero-order chi connectivity index (χ0) is 22.1. The molecule has 0 aliphatic heterocycles. The predicted molar refractivity (Wildman–Crippen MR) is 124 cm³/mol. The Morgan fingerprint density at radius 1 is 1.30 bits per heavy atom. The summed E-state index contributed by atoms with van der Waals surface area (Å²) in [4.78, 5) is 5.16. The molecule has 0 atom stereocenters. The van der Waals surface area contributed by atoms with E-state index >= 15 is 0 Å². The Kier molecular flexibility index (Phi) is 6.44. The van der Waals surface area contributed by atoms with Crippen LogP contribution in [0.2, 0.25) is 0 Å². The van der Waals surface area contributed by atoms with Crippen LogP contribution < -0.4 is 15.2 Å². The number of aryl methyl sites for hydroxylation is 2. The van der Waals surface area contributed by atoms with Crippen molar-refractivity contribution in [3.8, 4) is 5.75 Å². The first-order valence-corrected chi connectivity index (χ1v) is 11.6. The number of nitrogens with one attached hydrogen (secondary N) is 1. The fraction of sp³-hybridized carbons (Fsp3) is 0.333. The first kappa shape index (κ1) is 22.2. The van der Waals surface area contributed by atoms with E-state index in [2.05, 4.69) is 21.8 Å². The van der Waals surface area contributed by atoms with E-state index in [9.17, 15) is 8.42 Å². The Hall–Kier alpha value is -2.49. The molecular formula is C21H26N4O3S2. The number of anilines is 1. The van der Waals surface area contributed by atoms with Crippen LogP contribution in [-0.2, 0) is 23.0 Å². The molecule has 30 heavy (non-hydrogen) atoms. The van der Waals surface area contributed by atoms with Crippen LogP contribution in [0, 0.1) is 6.92 Å². The standard InChI is InChI=1S/C21H26N4O3S2/c1-5-25-14(4)23-17-7-6-8-18(21(17)25)24-20(29)12-15-11-16(30(22,26)27)9-10-19(15)28-13(2)3/h6-11,13H,5,12H2,1-4H3,(H,24,29)(H2,22,26,27). The van der Waals surface area contributed by atoms with Crippen molar-refractivity contribution in [3.63, 3.8) is 0 Å². The van der Waals surface area contributed by atoms with Crippen LogP contribution in [0.5, 0.6) is 5.75 Å². The normalized spacial score (nSPS) is 11.8. The molecule has 0 amide bonds. The number of rotatable bonds is 7. The Labute approximate surface area is 182 Å². The van der Waals surface area contributed by atoms with Crippen molar-refractivity contribution in [1.29, 1.82) is 0 Å². The van der Waals surface area contributed by atoms with Crippen molar-refractivity contribution in [1.82, 2.24) is 9.55 Å². The molecule has 1 heterocycles. The second kappa shape index (κ2) is 8.71. The van der Waals surface area contributed by atoms with E-state index in [1.54, 1.807) is 6.07 Å². The summed E-state index contributed by atoms with van der Waals surface area (Å²) in [6.07, 6.45) is 0.234. The number of aromatic nitrogens is 2. The maximum Gasteiger partial charge on any atom is 0.238 e. The van der Waals surface area contributed by atoms with E-state index in [0.717, 1.165) is 29.1 Å². The molecule has 0 radical (unpaired) electrons. The Balaban J connectivity index is 1.94. The number of hydrogen-bond acceptors (Lipinski definition) is 5. The highest BCUT2D eigenvalue weighted by atomic mass is 32.2. The minimum atomic E-state index is -3.83. The Morgan fingerprint density at radius 2 is 2.03 bits per heavy atom. The maximum atomic E-state index is 11.8. The average Bonchev–Trinajstić information content (AvgIpc) is 2.97. The van der Waals surface area contributed by atoms with Gasteiger partial charge in [-0.25, -0.2) is 18.5 Å². The topological polar surface area (TPSA) is 99.2 Å². The van der Waals surface area contributed by atoms with Gasteiger partial charge in [0.2, 0.25) is 10.0 Å². The summed E-state index contributed by atoms with van der Waals surface area (Å²) in [6.45, 7) is 8.64. The molecule has 2 aromatic carbocycles. The third-order valence-electron chi connectivity index (χ3n) is 4.62. The Bertz CT molecular complexity index is 1200. The van der Waals surface area contributed by atoms with Gasteiger partial charge < -0.3 is 14.6 Å². The van der Waals surface area contributed by atoms with Crippen molar-refractivity contribution >= 4 is 44.0 Å². The molecule has 7 nitrogen and oxygen atoms in total. The number of ether oxygens (including phenoxy) is 1. The molecule has 9 heteroatoms. The Morgan fingerprint density at radius 3 is 2.67 bits per heavy atom. The minimum Gasteiger partial charge on any atom is -0.491 e. The van der Waals surface area contributed by atoms with Crippen LogP contribution in [0.4, 0.5) is 5.69 Å². The largest absolute Gasteiger partial charge is 0.491 e. The van der Waals surface area contributed by atoms with E-state index in [1.807, 2.05) is 39.0 Å². The van der Waals surface area contributed by atoms with Crippen molar-refractivity contribution in [2.45, 2.75) is 51.7 Å². The molecule has 1 aromatic heterocycles. The fourth-order valence-electron chi connectivity index (χ4n) is 3.40. The number of sulfonamides is 1. The maximum absolute atomic E-state index is 11.8.